The summed E-state index contributed by atoms with van der Waals surface area (Å²) in [6.45, 7) is 10.6. The average Bonchev–Trinajstić information content (AvgIpc) is 2.79. The predicted octanol–water partition coefficient (Wildman–Crippen LogP) is 0.953. The van der Waals surface area contributed by atoms with Crippen LogP contribution in [0.1, 0.15) is 41.0 Å². The maximum Gasteiger partial charge on any atom is 0.516 e. The summed E-state index contributed by atoms with van der Waals surface area (Å²) in [5, 5.41) is 13.7. The van der Waals surface area contributed by atoms with Crippen LogP contribution in [0.4, 0.5) is 0 Å². The lowest BCUT2D eigenvalue weighted by atomic mass is 9.85. The summed E-state index contributed by atoms with van der Waals surface area (Å²) >= 11 is 0. The van der Waals surface area contributed by atoms with Crippen molar-refractivity contribution in [3.05, 3.63) is 12.3 Å². The first-order chi connectivity index (χ1) is 8.71. The Balaban J connectivity index is 2.04. The summed E-state index contributed by atoms with van der Waals surface area (Å²) in [7, 11) is -0.419. The number of nitrogens with zero attached hydrogens (tertiary/aromatic N) is 2. The van der Waals surface area contributed by atoms with Gasteiger partial charge in [-0.2, -0.15) is 5.10 Å². The van der Waals surface area contributed by atoms with Gasteiger partial charge in [0, 0.05) is 12.7 Å². The van der Waals surface area contributed by atoms with Gasteiger partial charge < -0.3 is 14.4 Å². The van der Waals surface area contributed by atoms with E-state index in [2.05, 4.69) is 5.10 Å². The Kier molecular flexibility index (Phi) is 3.77. The zero-order valence-corrected chi connectivity index (χ0v) is 12.4. The van der Waals surface area contributed by atoms with E-state index < -0.39 is 7.12 Å². The Morgan fingerprint density at radius 1 is 1.32 bits per heavy atom. The summed E-state index contributed by atoms with van der Waals surface area (Å²) in [4.78, 5) is 0. The predicted molar refractivity (Wildman–Crippen MR) is 74.2 cm³/mol. The van der Waals surface area contributed by atoms with Gasteiger partial charge in [0.1, 0.15) is 0 Å². The Morgan fingerprint density at radius 2 is 1.89 bits per heavy atom. The molecule has 1 aromatic heterocycles. The maximum absolute atomic E-state index is 9.28. The second kappa shape index (κ2) is 4.92. The number of hydrogen-bond acceptors (Lipinski definition) is 4. The largest absolute Gasteiger partial charge is 0.516 e. The standard InChI is InChI=1S/C13H23BN2O3/c1-10(17)6-8-16-9-7-11(15-16)14-18-12(2,3)13(4,5)19-14/h7,9-10,17H,6,8H2,1-5H3. The quantitative estimate of drug-likeness (QED) is 0.824. The van der Waals surface area contributed by atoms with E-state index in [1.807, 2.05) is 44.6 Å². The molecule has 1 fully saturated rings. The van der Waals surface area contributed by atoms with Crippen molar-refractivity contribution < 1.29 is 14.4 Å². The lowest BCUT2D eigenvalue weighted by molar-refractivity contribution is 0.00578. The van der Waals surface area contributed by atoms with Crippen LogP contribution in [-0.2, 0) is 15.9 Å². The van der Waals surface area contributed by atoms with Crippen LogP contribution in [0.25, 0.3) is 0 Å². The fraction of sp³-hybridized carbons (Fsp3) is 0.769. The molecule has 0 spiro atoms. The van der Waals surface area contributed by atoms with Gasteiger partial charge in [0.25, 0.3) is 0 Å². The van der Waals surface area contributed by atoms with Crippen LogP contribution in [-0.4, -0.2) is 39.3 Å². The molecule has 0 bridgehead atoms. The summed E-state index contributed by atoms with van der Waals surface area (Å²) in [5.41, 5.74) is 0.0894. The molecule has 0 radical (unpaired) electrons. The number of aromatic nitrogens is 2. The van der Waals surface area contributed by atoms with E-state index in [0.29, 0.717) is 13.0 Å². The highest BCUT2D eigenvalue weighted by molar-refractivity contribution is 6.61. The molecule has 2 heterocycles. The SMILES string of the molecule is CC(O)CCn1ccc(B2OC(C)(C)C(C)(C)O2)n1. The van der Waals surface area contributed by atoms with Gasteiger partial charge in [-0.25, -0.2) is 0 Å². The molecule has 106 valence electrons. The van der Waals surface area contributed by atoms with Crippen LogP contribution in [0, 0.1) is 0 Å². The van der Waals surface area contributed by atoms with Crippen molar-refractivity contribution in [3.63, 3.8) is 0 Å². The van der Waals surface area contributed by atoms with Crippen LogP contribution < -0.4 is 5.59 Å². The molecular weight excluding hydrogens is 243 g/mol. The first-order valence-electron chi connectivity index (χ1n) is 6.78. The minimum Gasteiger partial charge on any atom is -0.398 e. The smallest absolute Gasteiger partial charge is 0.398 e. The van der Waals surface area contributed by atoms with E-state index in [9.17, 15) is 5.11 Å². The third-order valence-corrected chi connectivity index (χ3v) is 3.93. The first-order valence-corrected chi connectivity index (χ1v) is 6.78. The molecule has 0 aliphatic carbocycles. The lowest BCUT2D eigenvalue weighted by Crippen LogP contribution is -2.41. The van der Waals surface area contributed by atoms with Crippen molar-refractivity contribution in [2.75, 3.05) is 0 Å². The third kappa shape index (κ3) is 3.01. The summed E-state index contributed by atoms with van der Waals surface area (Å²) in [6, 6.07) is 1.91. The van der Waals surface area contributed by atoms with Crippen LogP contribution >= 0.6 is 0 Å². The Morgan fingerprint density at radius 3 is 2.42 bits per heavy atom. The number of aryl methyl sites for hydroxylation is 1. The van der Waals surface area contributed by atoms with Gasteiger partial charge in [0.15, 0.2) is 0 Å². The van der Waals surface area contributed by atoms with E-state index >= 15 is 0 Å². The van der Waals surface area contributed by atoms with Crippen LogP contribution in [0.3, 0.4) is 0 Å². The van der Waals surface area contributed by atoms with Crippen LogP contribution in [0.2, 0.25) is 0 Å². The van der Waals surface area contributed by atoms with Gasteiger partial charge in [-0.1, -0.05) is 0 Å². The second-order valence-electron chi connectivity index (χ2n) is 6.23. The molecule has 6 heteroatoms. The molecule has 1 atom stereocenters. The van der Waals surface area contributed by atoms with E-state index in [1.54, 1.807) is 6.92 Å². The molecule has 1 aliphatic rings. The molecule has 1 aliphatic heterocycles. The summed E-state index contributed by atoms with van der Waals surface area (Å²) in [5.74, 6) is 0. The molecular formula is C13H23BN2O3. The molecule has 19 heavy (non-hydrogen) atoms. The normalized spacial score (nSPS) is 22.7. The van der Waals surface area contributed by atoms with Crippen molar-refractivity contribution in [2.45, 2.75) is 64.9 Å². The van der Waals surface area contributed by atoms with Crippen LogP contribution in [0.15, 0.2) is 12.3 Å². The minimum atomic E-state index is -0.419. The van der Waals surface area contributed by atoms with Gasteiger partial charge in [0.2, 0.25) is 0 Å². The van der Waals surface area contributed by atoms with Crippen molar-refractivity contribution in [1.82, 2.24) is 9.78 Å². The van der Waals surface area contributed by atoms with Crippen molar-refractivity contribution in [3.8, 4) is 0 Å². The Labute approximate surface area is 115 Å². The number of aliphatic hydroxyl groups excluding tert-OH is 1. The monoisotopic (exact) mass is 266 g/mol. The fourth-order valence-corrected chi connectivity index (χ4v) is 1.91. The van der Waals surface area contributed by atoms with E-state index in [4.69, 9.17) is 9.31 Å². The molecule has 1 unspecified atom stereocenters. The summed E-state index contributed by atoms with van der Waals surface area (Å²) < 4.78 is 13.7. The van der Waals surface area contributed by atoms with E-state index in [0.717, 1.165) is 5.59 Å². The number of aliphatic hydroxyl groups is 1. The van der Waals surface area contributed by atoms with Crippen molar-refractivity contribution in [1.29, 1.82) is 0 Å². The molecule has 0 amide bonds. The van der Waals surface area contributed by atoms with Crippen LogP contribution in [0.5, 0.6) is 0 Å². The zero-order chi connectivity index (χ0) is 14.3. The topological polar surface area (TPSA) is 56.5 Å². The molecule has 0 saturated carbocycles. The molecule has 1 saturated heterocycles. The first kappa shape index (κ1) is 14.6. The highest BCUT2D eigenvalue weighted by Crippen LogP contribution is 2.36. The Bertz CT molecular complexity index is 427. The van der Waals surface area contributed by atoms with Crippen molar-refractivity contribution >= 4 is 12.7 Å². The second-order valence-corrected chi connectivity index (χ2v) is 6.23. The van der Waals surface area contributed by atoms with Gasteiger partial charge in [-0.05, 0) is 47.1 Å². The lowest BCUT2D eigenvalue weighted by Gasteiger charge is -2.32. The van der Waals surface area contributed by atoms with E-state index in [-0.39, 0.29) is 17.3 Å². The van der Waals surface area contributed by atoms with Crippen molar-refractivity contribution in [2.24, 2.45) is 0 Å². The van der Waals surface area contributed by atoms with Gasteiger partial charge >= 0.3 is 7.12 Å². The minimum absolute atomic E-state index is 0.315. The number of rotatable bonds is 4. The molecule has 1 N–H and O–H groups in total. The average molecular weight is 266 g/mol. The van der Waals surface area contributed by atoms with Gasteiger partial charge in [0.05, 0.1) is 22.9 Å². The highest BCUT2D eigenvalue weighted by Gasteiger charge is 2.52. The third-order valence-electron chi connectivity index (χ3n) is 3.93. The highest BCUT2D eigenvalue weighted by atomic mass is 16.7. The van der Waals surface area contributed by atoms with Gasteiger partial charge in [-0.3, -0.25) is 4.68 Å². The molecule has 1 aromatic rings. The molecule has 0 aromatic carbocycles. The molecule has 5 nitrogen and oxygen atoms in total. The zero-order valence-electron chi connectivity index (χ0n) is 12.4. The summed E-state index contributed by atoms with van der Waals surface area (Å²) in [6.07, 6.45) is 2.26. The van der Waals surface area contributed by atoms with E-state index in [1.165, 1.54) is 0 Å². The molecule has 2 rings (SSSR count). The fourth-order valence-electron chi connectivity index (χ4n) is 1.91. The van der Waals surface area contributed by atoms with Gasteiger partial charge in [-0.15, -0.1) is 0 Å². The maximum atomic E-state index is 9.28. The number of hydrogen-bond donors (Lipinski definition) is 1. The Hall–Kier alpha value is -0.845.